The van der Waals surface area contributed by atoms with Crippen molar-refractivity contribution in [2.75, 3.05) is 13.1 Å². The zero-order chi connectivity index (χ0) is 20.5. The Bertz CT molecular complexity index is 900. The minimum Gasteiger partial charge on any atom is -0.489 e. The first kappa shape index (κ1) is 23.6. The lowest BCUT2D eigenvalue weighted by molar-refractivity contribution is 0.223. The van der Waals surface area contributed by atoms with Crippen LogP contribution in [0.2, 0.25) is 0 Å². The highest BCUT2D eigenvalue weighted by molar-refractivity contribution is 14.0. The van der Waals surface area contributed by atoms with Gasteiger partial charge < -0.3 is 15.4 Å². The third kappa shape index (κ3) is 7.29. The molecule has 2 aromatic heterocycles. The lowest BCUT2D eigenvalue weighted by Gasteiger charge is -2.17. The highest BCUT2D eigenvalue weighted by Gasteiger charge is 2.06. The molecule has 0 saturated carbocycles. The quantitative estimate of drug-likeness (QED) is 0.268. The molecule has 0 fully saturated rings. The molecule has 1 unspecified atom stereocenters. The van der Waals surface area contributed by atoms with Crippen molar-refractivity contribution >= 4 is 29.9 Å². The molecule has 2 heterocycles. The molecule has 7 nitrogen and oxygen atoms in total. The number of rotatable bonds is 8. The van der Waals surface area contributed by atoms with Crippen molar-refractivity contribution < 1.29 is 9.13 Å². The van der Waals surface area contributed by atoms with Crippen LogP contribution >= 0.6 is 24.0 Å². The van der Waals surface area contributed by atoms with E-state index in [4.69, 9.17) is 4.74 Å². The second-order valence-electron chi connectivity index (χ2n) is 6.45. The monoisotopic (exact) mass is 524 g/mol. The van der Waals surface area contributed by atoms with Gasteiger partial charge in [-0.3, -0.25) is 4.57 Å². The van der Waals surface area contributed by atoms with Crippen LogP contribution in [-0.4, -0.2) is 39.7 Å². The number of aromatic nitrogens is 3. The van der Waals surface area contributed by atoms with Gasteiger partial charge in [0.1, 0.15) is 29.8 Å². The van der Waals surface area contributed by atoms with Gasteiger partial charge >= 0.3 is 0 Å². The highest BCUT2D eigenvalue weighted by Crippen LogP contribution is 2.12. The first-order valence-corrected chi connectivity index (χ1v) is 9.51. The van der Waals surface area contributed by atoms with Crippen LogP contribution in [0, 0.1) is 5.82 Å². The number of halogens is 2. The molecule has 0 amide bonds. The standard InChI is InChI=1S/C21H25FN6O.HI/c1-3-24-21(26-12-16(2)29-19-7-5-18(22)6-8-19)27-14-17-4-9-20(25-13-17)28-11-10-23-15-28;/h4-11,13,15-16H,3,12,14H2,1-2H3,(H2,24,26,27);1H. The summed E-state index contributed by atoms with van der Waals surface area (Å²) < 4.78 is 20.6. The Morgan fingerprint density at radius 2 is 2.00 bits per heavy atom. The van der Waals surface area contributed by atoms with E-state index in [0.29, 0.717) is 24.8 Å². The minimum atomic E-state index is -0.280. The SMILES string of the molecule is CCNC(=NCc1ccc(-n2ccnc2)nc1)NCC(C)Oc1ccc(F)cc1.I. The van der Waals surface area contributed by atoms with E-state index in [0.717, 1.165) is 17.9 Å². The fraction of sp³-hybridized carbons (Fsp3) is 0.286. The average molecular weight is 524 g/mol. The summed E-state index contributed by atoms with van der Waals surface area (Å²) >= 11 is 0. The normalized spacial score (nSPS) is 12.0. The summed E-state index contributed by atoms with van der Waals surface area (Å²) in [6, 6.07) is 9.93. The van der Waals surface area contributed by atoms with Gasteiger partial charge in [0.05, 0.1) is 13.1 Å². The molecule has 1 aromatic carbocycles. The number of imidazole rings is 1. The zero-order valence-electron chi connectivity index (χ0n) is 17.0. The fourth-order valence-corrected chi connectivity index (χ4v) is 2.60. The summed E-state index contributed by atoms with van der Waals surface area (Å²) in [6.07, 6.45) is 6.98. The Kier molecular flexibility index (Phi) is 9.52. The van der Waals surface area contributed by atoms with Crippen LogP contribution in [0.4, 0.5) is 4.39 Å². The molecule has 160 valence electrons. The molecule has 30 heavy (non-hydrogen) atoms. The molecule has 3 aromatic rings. The van der Waals surface area contributed by atoms with Gasteiger partial charge in [-0.2, -0.15) is 0 Å². The average Bonchev–Trinajstić information content (AvgIpc) is 3.27. The topological polar surface area (TPSA) is 76.4 Å². The summed E-state index contributed by atoms with van der Waals surface area (Å²) in [4.78, 5) is 13.1. The predicted molar refractivity (Wildman–Crippen MR) is 126 cm³/mol. The molecule has 0 spiro atoms. The molecule has 1 atom stereocenters. The second kappa shape index (κ2) is 12.1. The van der Waals surface area contributed by atoms with E-state index < -0.39 is 0 Å². The van der Waals surface area contributed by atoms with Gasteiger partial charge in [-0.1, -0.05) is 6.07 Å². The predicted octanol–water partition coefficient (Wildman–Crippen LogP) is 3.55. The van der Waals surface area contributed by atoms with Crippen LogP contribution < -0.4 is 15.4 Å². The minimum absolute atomic E-state index is 0. The summed E-state index contributed by atoms with van der Waals surface area (Å²) in [5.74, 6) is 1.86. The van der Waals surface area contributed by atoms with E-state index in [1.807, 2.05) is 42.9 Å². The molecular formula is C21H26FIN6O. The number of pyridine rings is 1. The molecule has 0 bridgehead atoms. The van der Waals surface area contributed by atoms with Crippen molar-refractivity contribution in [2.45, 2.75) is 26.5 Å². The Hall–Kier alpha value is -2.69. The largest absolute Gasteiger partial charge is 0.489 e. The maximum absolute atomic E-state index is 13.0. The smallest absolute Gasteiger partial charge is 0.191 e. The number of nitrogens with zero attached hydrogens (tertiary/aromatic N) is 4. The molecule has 0 aliphatic carbocycles. The van der Waals surface area contributed by atoms with Gasteiger partial charge in [0.15, 0.2) is 5.96 Å². The maximum Gasteiger partial charge on any atom is 0.191 e. The van der Waals surface area contributed by atoms with E-state index in [1.54, 1.807) is 24.7 Å². The Morgan fingerprint density at radius 3 is 2.63 bits per heavy atom. The van der Waals surface area contributed by atoms with E-state index >= 15 is 0 Å². The Balaban J connectivity index is 0.00000320. The van der Waals surface area contributed by atoms with Crippen LogP contribution in [0.25, 0.3) is 5.82 Å². The van der Waals surface area contributed by atoms with Gasteiger partial charge in [-0.05, 0) is 49.7 Å². The number of ether oxygens (including phenoxy) is 1. The summed E-state index contributed by atoms with van der Waals surface area (Å²) in [5, 5.41) is 6.48. The van der Waals surface area contributed by atoms with E-state index in [9.17, 15) is 4.39 Å². The zero-order valence-corrected chi connectivity index (χ0v) is 19.3. The number of hydrogen-bond acceptors (Lipinski definition) is 4. The lowest BCUT2D eigenvalue weighted by atomic mass is 10.3. The van der Waals surface area contributed by atoms with Crippen LogP contribution in [0.3, 0.4) is 0 Å². The van der Waals surface area contributed by atoms with Crippen molar-refractivity contribution in [3.05, 3.63) is 72.7 Å². The number of guanidine groups is 1. The molecule has 0 saturated heterocycles. The molecule has 0 radical (unpaired) electrons. The molecule has 2 N–H and O–H groups in total. The number of aliphatic imine (C=N–C) groups is 1. The highest BCUT2D eigenvalue weighted by atomic mass is 127. The fourth-order valence-electron chi connectivity index (χ4n) is 2.60. The second-order valence-corrected chi connectivity index (χ2v) is 6.45. The first-order valence-electron chi connectivity index (χ1n) is 9.51. The molecule has 0 aliphatic heterocycles. The van der Waals surface area contributed by atoms with Crippen LogP contribution in [-0.2, 0) is 6.54 Å². The van der Waals surface area contributed by atoms with Gasteiger partial charge in [0.25, 0.3) is 0 Å². The van der Waals surface area contributed by atoms with E-state index in [-0.39, 0.29) is 35.9 Å². The third-order valence-electron chi connectivity index (χ3n) is 4.05. The number of nitrogens with one attached hydrogen (secondary N) is 2. The van der Waals surface area contributed by atoms with E-state index in [1.165, 1.54) is 12.1 Å². The van der Waals surface area contributed by atoms with Gasteiger partial charge in [-0.25, -0.2) is 19.4 Å². The van der Waals surface area contributed by atoms with Crippen molar-refractivity contribution in [3.63, 3.8) is 0 Å². The summed E-state index contributed by atoms with van der Waals surface area (Å²) in [6.45, 7) is 5.76. The summed E-state index contributed by atoms with van der Waals surface area (Å²) in [5.41, 5.74) is 1.00. The Labute approximate surface area is 192 Å². The first-order chi connectivity index (χ1) is 14.1. The van der Waals surface area contributed by atoms with Gasteiger partial charge in [-0.15, -0.1) is 24.0 Å². The third-order valence-corrected chi connectivity index (χ3v) is 4.05. The van der Waals surface area contributed by atoms with Crippen LogP contribution in [0.5, 0.6) is 5.75 Å². The number of benzene rings is 1. The van der Waals surface area contributed by atoms with Crippen LogP contribution in [0.15, 0.2) is 66.3 Å². The Morgan fingerprint density at radius 1 is 1.20 bits per heavy atom. The molecular weight excluding hydrogens is 498 g/mol. The number of hydrogen-bond donors (Lipinski definition) is 2. The lowest BCUT2D eigenvalue weighted by Crippen LogP contribution is -2.41. The summed E-state index contributed by atoms with van der Waals surface area (Å²) in [7, 11) is 0. The van der Waals surface area contributed by atoms with Crippen molar-refractivity contribution in [2.24, 2.45) is 4.99 Å². The van der Waals surface area contributed by atoms with Crippen molar-refractivity contribution in [1.82, 2.24) is 25.2 Å². The maximum atomic E-state index is 13.0. The van der Waals surface area contributed by atoms with Crippen molar-refractivity contribution in [3.8, 4) is 11.6 Å². The molecule has 0 aliphatic rings. The van der Waals surface area contributed by atoms with Crippen LogP contribution in [0.1, 0.15) is 19.4 Å². The van der Waals surface area contributed by atoms with Gasteiger partial charge in [0.2, 0.25) is 0 Å². The van der Waals surface area contributed by atoms with Crippen molar-refractivity contribution in [1.29, 1.82) is 0 Å². The molecule has 9 heteroatoms. The molecule has 3 rings (SSSR count). The van der Waals surface area contributed by atoms with Gasteiger partial charge in [0, 0.05) is 25.1 Å². The van der Waals surface area contributed by atoms with E-state index in [2.05, 4.69) is 25.6 Å².